The van der Waals surface area contributed by atoms with E-state index in [1.54, 1.807) is 7.11 Å². The fraction of sp³-hybridized carbons (Fsp3) is 0.632. The summed E-state index contributed by atoms with van der Waals surface area (Å²) in [5.41, 5.74) is 2.63. The molecule has 0 spiro atoms. The molecule has 29 heavy (non-hydrogen) atoms. The lowest BCUT2D eigenvalue weighted by atomic mass is 10.1. The Morgan fingerprint density at radius 1 is 1.41 bits per heavy atom. The molecule has 0 N–H and O–H groups in total. The van der Waals surface area contributed by atoms with Crippen molar-refractivity contribution in [3.8, 4) is 0 Å². The van der Waals surface area contributed by atoms with Gasteiger partial charge in [0.05, 0.1) is 29.9 Å². The van der Waals surface area contributed by atoms with E-state index in [1.807, 2.05) is 19.9 Å². The van der Waals surface area contributed by atoms with Crippen LogP contribution in [0.4, 0.5) is 0 Å². The van der Waals surface area contributed by atoms with Gasteiger partial charge in [0.15, 0.2) is 15.6 Å². The molecule has 0 bridgehead atoms. The van der Waals surface area contributed by atoms with Crippen molar-refractivity contribution in [3.63, 3.8) is 0 Å². The van der Waals surface area contributed by atoms with Crippen molar-refractivity contribution in [2.24, 2.45) is 5.92 Å². The van der Waals surface area contributed by atoms with Crippen LogP contribution in [0.15, 0.2) is 15.7 Å². The van der Waals surface area contributed by atoms with Crippen LogP contribution >= 0.6 is 11.8 Å². The van der Waals surface area contributed by atoms with E-state index in [0.717, 1.165) is 11.4 Å². The first-order chi connectivity index (χ1) is 13.7. The van der Waals surface area contributed by atoms with E-state index in [1.165, 1.54) is 11.8 Å². The van der Waals surface area contributed by atoms with Crippen molar-refractivity contribution in [1.29, 1.82) is 0 Å². The molecule has 2 aromatic heterocycles. The van der Waals surface area contributed by atoms with Crippen molar-refractivity contribution in [2.75, 3.05) is 31.0 Å². The summed E-state index contributed by atoms with van der Waals surface area (Å²) in [5, 5.41) is 8.31. The first kappa shape index (κ1) is 22.0. The van der Waals surface area contributed by atoms with E-state index in [9.17, 15) is 13.2 Å². The lowest BCUT2D eigenvalue weighted by Crippen LogP contribution is -2.14. The summed E-state index contributed by atoms with van der Waals surface area (Å²) in [4.78, 5) is 12.7. The zero-order valence-electron chi connectivity index (χ0n) is 17.2. The highest BCUT2D eigenvalue weighted by Crippen LogP contribution is 2.26. The van der Waals surface area contributed by atoms with Gasteiger partial charge in [-0.3, -0.25) is 4.79 Å². The smallest absolute Gasteiger partial charge is 0.277 e. The van der Waals surface area contributed by atoms with Crippen LogP contribution in [-0.4, -0.2) is 59.9 Å². The Kier molecular flexibility index (Phi) is 6.85. The van der Waals surface area contributed by atoms with Gasteiger partial charge in [0.1, 0.15) is 0 Å². The molecular formula is C19H27N3O5S2. The van der Waals surface area contributed by atoms with Gasteiger partial charge >= 0.3 is 0 Å². The quantitative estimate of drug-likeness (QED) is 0.432. The molecule has 1 aliphatic heterocycles. The summed E-state index contributed by atoms with van der Waals surface area (Å²) < 4.78 is 36.1. The molecule has 3 rings (SSSR count). The van der Waals surface area contributed by atoms with E-state index < -0.39 is 9.84 Å². The highest BCUT2D eigenvalue weighted by Gasteiger charge is 2.29. The Morgan fingerprint density at radius 2 is 2.17 bits per heavy atom. The minimum absolute atomic E-state index is 0.000558. The fourth-order valence-electron chi connectivity index (χ4n) is 3.92. The molecule has 2 aromatic rings. The van der Waals surface area contributed by atoms with E-state index in [-0.39, 0.29) is 35.0 Å². The molecule has 1 saturated heterocycles. The van der Waals surface area contributed by atoms with Gasteiger partial charge in [0, 0.05) is 30.5 Å². The largest absolute Gasteiger partial charge is 0.416 e. The molecule has 1 fully saturated rings. The maximum absolute atomic E-state index is 12.7. The number of aryl methyl sites for hydroxylation is 1. The zero-order valence-corrected chi connectivity index (χ0v) is 18.8. The lowest BCUT2D eigenvalue weighted by molar-refractivity contribution is 0.102. The number of methoxy groups -OCH3 is 1. The Labute approximate surface area is 175 Å². The molecule has 160 valence electrons. The van der Waals surface area contributed by atoms with Gasteiger partial charge in [0.25, 0.3) is 5.22 Å². The maximum atomic E-state index is 12.7. The van der Waals surface area contributed by atoms with Crippen LogP contribution in [0.5, 0.6) is 0 Å². The van der Waals surface area contributed by atoms with Gasteiger partial charge in [-0.25, -0.2) is 8.42 Å². The third kappa shape index (κ3) is 5.29. The van der Waals surface area contributed by atoms with E-state index in [0.29, 0.717) is 36.1 Å². The van der Waals surface area contributed by atoms with Crippen LogP contribution < -0.4 is 0 Å². The fourth-order valence-corrected chi connectivity index (χ4v) is 6.44. The summed E-state index contributed by atoms with van der Waals surface area (Å²) in [6, 6.07) is 2.05. The molecule has 8 nitrogen and oxygen atoms in total. The van der Waals surface area contributed by atoms with E-state index >= 15 is 0 Å². The Morgan fingerprint density at radius 3 is 2.83 bits per heavy atom. The number of Topliss-reactive ketones (excluding diaryl/α,β-unsaturated/α-hetero) is 1. The number of hydrogen-bond acceptors (Lipinski definition) is 8. The van der Waals surface area contributed by atoms with Crippen LogP contribution in [-0.2, 0) is 21.0 Å². The Balaban J connectivity index is 1.59. The number of nitrogens with zero attached hydrogens (tertiary/aromatic N) is 3. The molecular weight excluding hydrogens is 414 g/mol. The number of carbonyl (C=O) groups is 1. The normalized spacial score (nSPS) is 19.5. The highest BCUT2D eigenvalue weighted by molar-refractivity contribution is 7.99. The number of sulfone groups is 1. The van der Waals surface area contributed by atoms with Gasteiger partial charge in [0.2, 0.25) is 5.89 Å². The van der Waals surface area contributed by atoms with E-state index in [4.69, 9.17) is 9.15 Å². The number of ether oxygens (including phenoxy) is 1. The molecule has 0 aliphatic carbocycles. The standard InChI is InChI=1S/C19H27N3O5S2/c1-12-7-16(14(3)22(12)13(2)9-26-4)17(23)10-28-19-21-20-18(27-19)8-15-5-6-29(24,25)11-15/h7,13,15H,5-6,8-11H2,1-4H3/t13-,15+/m1/s1. The summed E-state index contributed by atoms with van der Waals surface area (Å²) in [6.07, 6.45) is 1.09. The predicted molar refractivity (Wildman–Crippen MR) is 110 cm³/mol. The molecule has 0 amide bonds. The molecule has 2 atom stereocenters. The van der Waals surface area contributed by atoms with Crippen molar-refractivity contribution in [2.45, 2.75) is 44.9 Å². The van der Waals surface area contributed by atoms with Crippen LogP contribution in [0.1, 0.15) is 47.0 Å². The van der Waals surface area contributed by atoms with Crippen molar-refractivity contribution in [3.05, 3.63) is 28.9 Å². The van der Waals surface area contributed by atoms with Crippen LogP contribution in [0.3, 0.4) is 0 Å². The van der Waals surface area contributed by atoms with Crippen molar-refractivity contribution in [1.82, 2.24) is 14.8 Å². The number of thioether (sulfide) groups is 1. The summed E-state index contributed by atoms with van der Waals surface area (Å²) >= 11 is 1.20. The van der Waals surface area contributed by atoms with Gasteiger partial charge in [-0.1, -0.05) is 11.8 Å². The van der Waals surface area contributed by atoms with Gasteiger partial charge in [-0.05, 0) is 39.2 Å². The minimum atomic E-state index is -2.93. The Bertz CT molecular complexity index is 980. The average Bonchev–Trinajstić information content (AvgIpc) is 3.31. The number of aromatic nitrogens is 3. The number of rotatable bonds is 9. The van der Waals surface area contributed by atoms with E-state index in [2.05, 4.69) is 21.7 Å². The SMILES string of the molecule is COC[C@@H](C)n1c(C)cc(C(=O)CSc2nnc(C[C@@H]3CCS(=O)(=O)C3)o2)c1C. The second kappa shape index (κ2) is 9.01. The Hall–Kier alpha value is -1.65. The molecule has 0 aromatic carbocycles. The van der Waals surface area contributed by atoms with Gasteiger partial charge in [-0.15, -0.1) is 10.2 Å². The van der Waals surface area contributed by atoms with Gasteiger partial charge < -0.3 is 13.7 Å². The topological polar surface area (TPSA) is 104 Å². The molecule has 1 aliphatic rings. The highest BCUT2D eigenvalue weighted by atomic mass is 32.2. The van der Waals surface area contributed by atoms with Crippen LogP contribution in [0, 0.1) is 19.8 Å². The monoisotopic (exact) mass is 441 g/mol. The lowest BCUT2D eigenvalue weighted by Gasteiger charge is -2.17. The second-order valence-electron chi connectivity index (χ2n) is 7.61. The summed E-state index contributed by atoms with van der Waals surface area (Å²) in [7, 11) is -1.26. The third-order valence-electron chi connectivity index (χ3n) is 5.20. The van der Waals surface area contributed by atoms with Gasteiger partial charge in [-0.2, -0.15) is 0 Å². The first-order valence-electron chi connectivity index (χ1n) is 9.56. The summed E-state index contributed by atoms with van der Waals surface area (Å²) in [6.45, 7) is 6.56. The molecule has 0 unspecified atom stereocenters. The van der Waals surface area contributed by atoms with Crippen molar-refractivity contribution < 1.29 is 22.4 Å². The number of ketones is 1. The van der Waals surface area contributed by atoms with Crippen LogP contribution in [0.25, 0.3) is 0 Å². The van der Waals surface area contributed by atoms with Crippen LogP contribution in [0.2, 0.25) is 0 Å². The molecule has 10 heteroatoms. The zero-order chi connectivity index (χ0) is 21.2. The minimum Gasteiger partial charge on any atom is -0.416 e. The first-order valence-corrected chi connectivity index (χ1v) is 12.4. The third-order valence-corrected chi connectivity index (χ3v) is 7.85. The molecule has 0 radical (unpaired) electrons. The second-order valence-corrected chi connectivity index (χ2v) is 10.8. The molecule has 3 heterocycles. The summed E-state index contributed by atoms with van der Waals surface area (Å²) in [5.74, 6) is 1.05. The number of carbonyl (C=O) groups excluding carboxylic acids is 1. The van der Waals surface area contributed by atoms with Crippen molar-refractivity contribution >= 4 is 27.4 Å². The molecule has 0 saturated carbocycles. The predicted octanol–water partition coefficient (Wildman–Crippen LogP) is 2.65. The maximum Gasteiger partial charge on any atom is 0.277 e. The number of hydrogen-bond donors (Lipinski definition) is 0. The average molecular weight is 442 g/mol.